The van der Waals surface area contributed by atoms with Crippen molar-refractivity contribution < 1.29 is 13.7 Å². The van der Waals surface area contributed by atoms with Gasteiger partial charge in [0.1, 0.15) is 0 Å². The molecule has 0 aromatic heterocycles. The maximum atomic E-state index is 6.58. The van der Waals surface area contributed by atoms with Crippen molar-refractivity contribution in [3.63, 3.8) is 0 Å². The van der Waals surface area contributed by atoms with Gasteiger partial charge in [-0.15, -0.1) is 0 Å². The fourth-order valence-corrected chi connectivity index (χ4v) is 4.62. The van der Waals surface area contributed by atoms with Crippen LogP contribution in [0.3, 0.4) is 0 Å². The Morgan fingerprint density at radius 2 is 0.694 bits per heavy atom. The standard InChI is InChI=1S/C27H36B3N3O3/c1-31(2)19-22-13-7-10-16-25(22)28-34-29(26-17-11-8-14-23(26)20-32(3)4)36-30(35-28)27-18-12-9-15-24(27)21-33(5)6/h7-18H,19-21H2,1-6H3. The molecule has 1 aliphatic rings. The molecule has 1 fully saturated rings. The predicted molar refractivity (Wildman–Crippen MR) is 151 cm³/mol. The highest BCUT2D eigenvalue weighted by atomic mass is 16.7. The second-order valence-electron chi connectivity index (χ2n) is 10.2. The van der Waals surface area contributed by atoms with Crippen LogP contribution >= 0.6 is 0 Å². The van der Waals surface area contributed by atoms with Gasteiger partial charge >= 0.3 is 21.4 Å². The van der Waals surface area contributed by atoms with Gasteiger partial charge in [-0.3, -0.25) is 0 Å². The molecule has 9 heteroatoms. The molecule has 4 rings (SSSR count). The molecule has 3 aromatic carbocycles. The average Bonchev–Trinajstić information content (AvgIpc) is 2.84. The SMILES string of the molecule is CN(C)Cc1ccccc1B1OB(c2ccccc2CN(C)C)OB(c2ccccc2CN(C)C)O1. The molecular formula is C27H36B3N3O3. The van der Waals surface area contributed by atoms with Gasteiger partial charge in [0.05, 0.1) is 0 Å². The van der Waals surface area contributed by atoms with E-state index in [2.05, 4.69) is 112 Å². The maximum absolute atomic E-state index is 6.58. The van der Waals surface area contributed by atoms with Crippen molar-refractivity contribution in [3.05, 3.63) is 89.5 Å². The Morgan fingerprint density at radius 3 is 0.944 bits per heavy atom. The first kappa shape index (κ1) is 26.7. The van der Waals surface area contributed by atoms with Gasteiger partial charge < -0.3 is 28.4 Å². The molecule has 0 radical (unpaired) electrons. The summed E-state index contributed by atoms with van der Waals surface area (Å²) in [4.78, 5) is 6.48. The van der Waals surface area contributed by atoms with Crippen molar-refractivity contribution in [1.82, 2.24) is 14.7 Å². The van der Waals surface area contributed by atoms with E-state index in [9.17, 15) is 0 Å². The van der Waals surface area contributed by atoms with Gasteiger partial charge in [-0.25, -0.2) is 0 Å². The van der Waals surface area contributed by atoms with E-state index in [1.807, 2.05) is 18.2 Å². The third-order valence-electron chi connectivity index (χ3n) is 6.13. The Bertz CT molecular complexity index is 998. The molecule has 0 atom stereocenters. The lowest BCUT2D eigenvalue weighted by atomic mass is 9.59. The molecule has 0 aliphatic carbocycles. The van der Waals surface area contributed by atoms with Gasteiger partial charge in [0.25, 0.3) is 0 Å². The fraction of sp³-hybridized carbons (Fsp3) is 0.333. The van der Waals surface area contributed by atoms with E-state index in [0.29, 0.717) is 0 Å². The molecule has 0 unspecified atom stereocenters. The highest BCUT2D eigenvalue weighted by Gasteiger charge is 2.45. The first-order chi connectivity index (χ1) is 17.3. The molecule has 0 N–H and O–H groups in total. The lowest BCUT2D eigenvalue weighted by Crippen LogP contribution is -2.62. The summed E-state index contributed by atoms with van der Waals surface area (Å²) in [5, 5.41) is 0. The Kier molecular flexibility index (Phi) is 9.07. The van der Waals surface area contributed by atoms with Crippen LogP contribution in [0.1, 0.15) is 16.7 Å². The van der Waals surface area contributed by atoms with Gasteiger partial charge in [0.15, 0.2) is 0 Å². The molecule has 186 valence electrons. The van der Waals surface area contributed by atoms with E-state index in [4.69, 9.17) is 13.7 Å². The predicted octanol–water partition coefficient (Wildman–Crippen LogP) is 1.42. The van der Waals surface area contributed by atoms with E-state index in [0.717, 1.165) is 36.0 Å². The van der Waals surface area contributed by atoms with Crippen LogP contribution in [0.2, 0.25) is 0 Å². The minimum absolute atomic E-state index is 0.565. The summed E-state index contributed by atoms with van der Waals surface area (Å²) in [6.45, 7) is 2.39. The molecule has 6 nitrogen and oxygen atoms in total. The number of hydrogen-bond acceptors (Lipinski definition) is 6. The van der Waals surface area contributed by atoms with Crippen LogP contribution in [-0.4, -0.2) is 78.3 Å². The lowest BCUT2D eigenvalue weighted by molar-refractivity contribution is 0.307. The van der Waals surface area contributed by atoms with Gasteiger partial charge in [-0.05, 0) is 75.4 Å². The minimum Gasteiger partial charge on any atom is -0.445 e. The minimum atomic E-state index is -0.565. The Labute approximate surface area is 217 Å². The molecule has 0 bridgehead atoms. The van der Waals surface area contributed by atoms with Crippen LogP contribution < -0.4 is 16.4 Å². The highest BCUT2D eigenvalue weighted by molar-refractivity contribution is 6.87. The topological polar surface area (TPSA) is 37.4 Å². The van der Waals surface area contributed by atoms with Gasteiger partial charge in [-0.2, -0.15) is 0 Å². The molecule has 1 saturated heterocycles. The number of hydrogen-bond donors (Lipinski definition) is 0. The third kappa shape index (κ3) is 6.68. The zero-order valence-corrected chi connectivity index (χ0v) is 22.3. The van der Waals surface area contributed by atoms with Crippen molar-refractivity contribution in [2.45, 2.75) is 19.6 Å². The first-order valence-corrected chi connectivity index (χ1v) is 12.5. The lowest BCUT2D eigenvalue weighted by Gasteiger charge is -2.34. The van der Waals surface area contributed by atoms with Crippen LogP contribution in [-0.2, 0) is 33.3 Å². The first-order valence-electron chi connectivity index (χ1n) is 12.5. The second kappa shape index (κ2) is 12.2. The van der Waals surface area contributed by atoms with Crippen LogP contribution in [0.15, 0.2) is 72.8 Å². The summed E-state index contributed by atoms with van der Waals surface area (Å²) in [6, 6.07) is 25.0. The van der Waals surface area contributed by atoms with Gasteiger partial charge in [-0.1, -0.05) is 72.8 Å². The van der Waals surface area contributed by atoms with Crippen molar-refractivity contribution in [3.8, 4) is 0 Å². The Hall–Kier alpha value is -2.39. The molecule has 3 aromatic rings. The van der Waals surface area contributed by atoms with E-state index >= 15 is 0 Å². The summed E-state index contributed by atoms with van der Waals surface area (Å²) >= 11 is 0. The van der Waals surface area contributed by atoms with Crippen LogP contribution in [0, 0.1) is 0 Å². The van der Waals surface area contributed by atoms with Crippen LogP contribution in [0.5, 0.6) is 0 Å². The molecule has 1 heterocycles. The Balaban J connectivity index is 1.76. The monoisotopic (exact) mass is 483 g/mol. The summed E-state index contributed by atoms with van der Waals surface area (Å²) in [7, 11) is 10.7. The average molecular weight is 483 g/mol. The fourth-order valence-electron chi connectivity index (χ4n) is 4.62. The highest BCUT2D eigenvalue weighted by Crippen LogP contribution is 2.16. The largest absolute Gasteiger partial charge is 0.467 e. The smallest absolute Gasteiger partial charge is 0.445 e. The number of rotatable bonds is 9. The van der Waals surface area contributed by atoms with E-state index < -0.39 is 21.4 Å². The van der Waals surface area contributed by atoms with E-state index in [1.165, 1.54) is 16.7 Å². The zero-order valence-electron chi connectivity index (χ0n) is 22.3. The third-order valence-corrected chi connectivity index (χ3v) is 6.13. The van der Waals surface area contributed by atoms with Crippen LogP contribution in [0.4, 0.5) is 0 Å². The van der Waals surface area contributed by atoms with Crippen molar-refractivity contribution >= 4 is 37.7 Å². The van der Waals surface area contributed by atoms with Gasteiger partial charge in [0.2, 0.25) is 0 Å². The summed E-state index contributed by atoms with van der Waals surface area (Å²) in [6.07, 6.45) is 0. The normalized spacial score (nSPS) is 14.4. The summed E-state index contributed by atoms with van der Waals surface area (Å²) < 4.78 is 19.8. The molecule has 36 heavy (non-hydrogen) atoms. The van der Waals surface area contributed by atoms with Gasteiger partial charge in [0, 0.05) is 19.6 Å². The molecular weight excluding hydrogens is 447 g/mol. The maximum Gasteiger partial charge on any atom is 0.467 e. The summed E-state index contributed by atoms with van der Waals surface area (Å²) in [5.41, 5.74) is 6.61. The number of nitrogens with zero attached hydrogens (tertiary/aromatic N) is 3. The van der Waals surface area contributed by atoms with Crippen molar-refractivity contribution in [2.75, 3.05) is 42.3 Å². The molecule has 0 amide bonds. The van der Waals surface area contributed by atoms with E-state index in [-0.39, 0.29) is 0 Å². The van der Waals surface area contributed by atoms with Crippen LogP contribution in [0.25, 0.3) is 0 Å². The Morgan fingerprint density at radius 1 is 0.444 bits per heavy atom. The van der Waals surface area contributed by atoms with E-state index in [1.54, 1.807) is 0 Å². The van der Waals surface area contributed by atoms with Crippen molar-refractivity contribution in [1.29, 1.82) is 0 Å². The van der Waals surface area contributed by atoms with Crippen molar-refractivity contribution in [2.24, 2.45) is 0 Å². The molecule has 0 spiro atoms. The number of benzene rings is 3. The molecule has 0 saturated carbocycles. The molecule has 1 aliphatic heterocycles. The second-order valence-corrected chi connectivity index (χ2v) is 10.2. The quantitative estimate of drug-likeness (QED) is 0.429. The zero-order chi connectivity index (χ0) is 25.7. The summed E-state index contributed by atoms with van der Waals surface area (Å²) in [5.74, 6) is 0.